The van der Waals surface area contributed by atoms with E-state index < -0.39 is 5.91 Å². The summed E-state index contributed by atoms with van der Waals surface area (Å²) in [4.78, 5) is 22.0. The molecule has 27 heavy (non-hydrogen) atoms. The highest BCUT2D eigenvalue weighted by molar-refractivity contribution is 6.30. The molecular formula is C19H22ClN5O2. The number of nitrogens with one attached hydrogen (secondary N) is 2. The summed E-state index contributed by atoms with van der Waals surface area (Å²) in [5.41, 5.74) is 3.32. The molecule has 2 aromatic rings. The van der Waals surface area contributed by atoms with Gasteiger partial charge in [0.15, 0.2) is 0 Å². The van der Waals surface area contributed by atoms with Crippen LogP contribution in [0.4, 0.5) is 5.82 Å². The van der Waals surface area contributed by atoms with Crippen LogP contribution in [-0.2, 0) is 11.3 Å². The van der Waals surface area contributed by atoms with Crippen molar-refractivity contribution in [3.05, 3.63) is 59.0 Å². The fourth-order valence-electron chi connectivity index (χ4n) is 3.07. The van der Waals surface area contributed by atoms with E-state index in [9.17, 15) is 4.79 Å². The summed E-state index contributed by atoms with van der Waals surface area (Å²) < 4.78 is 0. The van der Waals surface area contributed by atoms with Gasteiger partial charge in [-0.05, 0) is 43.2 Å². The van der Waals surface area contributed by atoms with Crippen molar-refractivity contribution in [2.75, 3.05) is 18.4 Å². The molecule has 2 heterocycles. The monoisotopic (exact) mass is 387 g/mol. The zero-order valence-electron chi connectivity index (χ0n) is 14.8. The van der Waals surface area contributed by atoms with Gasteiger partial charge in [-0.15, -0.1) is 0 Å². The maximum absolute atomic E-state index is 11.0. The number of carbonyl (C=O) groups is 1. The minimum absolute atomic E-state index is 0.307. The molecule has 1 atom stereocenters. The molecule has 1 aliphatic rings. The second-order valence-corrected chi connectivity index (χ2v) is 6.92. The lowest BCUT2D eigenvalue weighted by Gasteiger charge is -2.33. The van der Waals surface area contributed by atoms with Crippen molar-refractivity contribution in [3.63, 3.8) is 0 Å². The Kier molecular flexibility index (Phi) is 6.75. The van der Waals surface area contributed by atoms with E-state index in [2.05, 4.69) is 32.3 Å². The molecule has 3 N–H and O–H groups in total. The van der Waals surface area contributed by atoms with Crippen molar-refractivity contribution < 1.29 is 10.0 Å². The predicted octanol–water partition coefficient (Wildman–Crippen LogP) is 2.73. The number of carbonyl (C=O) groups excluding carboxylic acids is 1. The van der Waals surface area contributed by atoms with Gasteiger partial charge in [-0.2, -0.15) is 0 Å². The fraction of sp³-hybridized carbons (Fsp3) is 0.316. The van der Waals surface area contributed by atoms with E-state index in [0.29, 0.717) is 17.6 Å². The molecule has 3 rings (SSSR count). The summed E-state index contributed by atoms with van der Waals surface area (Å²) in [6, 6.07) is 8.28. The molecule has 8 heteroatoms. The lowest BCUT2D eigenvalue weighted by atomic mass is 10.0. The summed E-state index contributed by atoms with van der Waals surface area (Å²) in [7, 11) is 0. The first kappa shape index (κ1) is 19.3. The minimum Gasteiger partial charge on any atom is -0.365 e. The smallest absolute Gasteiger partial charge is 0.267 e. The number of benzene rings is 1. The lowest BCUT2D eigenvalue weighted by molar-refractivity contribution is -0.124. The molecule has 1 saturated heterocycles. The number of likely N-dealkylation sites (tertiary alicyclic amines) is 1. The number of anilines is 1. The van der Waals surface area contributed by atoms with Crippen molar-refractivity contribution in [2.45, 2.75) is 25.4 Å². The van der Waals surface area contributed by atoms with E-state index in [-0.39, 0.29) is 0 Å². The predicted molar refractivity (Wildman–Crippen MR) is 104 cm³/mol. The Labute approximate surface area is 163 Å². The highest BCUT2D eigenvalue weighted by Gasteiger charge is 2.20. The third-order valence-electron chi connectivity index (χ3n) is 4.36. The fourth-order valence-corrected chi connectivity index (χ4v) is 3.20. The standard InChI is InChI=1S/C19H22ClN5O2/c20-15-5-3-14(4-6-15)12-25-9-1-2-17(13-25)23-18-11-21-16(10-22-18)7-8-19(26)24-27/h3-8,10-11,17,27H,1-2,9,12-13H2,(H,22,23)(H,24,26)/b8-7+/t17-/m1/s1. The van der Waals surface area contributed by atoms with Gasteiger partial charge in [0.1, 0.15) is 5.82 Å². The Morgan fingerprint density at radius 2 is 2.11 bits per heavy atom. The molecule has 0 unspecified atom stereocenters. The molecule has 1 fully saturated rings. The first-order valence-corrected chi connectivity index (χ1v) is 9.18. The molecule has 142 valence electrons. The molecule has 0 spiro atoms. The SMILES string of the molecule is O=C(/C=C/c1cnc(N[C@@H]2CCCN(Cc3ccc(Cl)cc3)C2)cn1)NO. The third-order valence-corrected chi connectivity index (χ3v) is 4.62. The molecule has 1 aliphatic heterocycles. The molecular weight excluding hydrogens is 366 g/mol. The zero-order chi connectivity index (χ0) is 19.1. The quantitative estimate of drug-likeness (QED) is 0.401. The van der Waals surface area contributed by atoms with Crippen molar-refractivity contribution in [1.29, 1.82) is 0 Å². The van der Waals surface area contributed by atoms with Crippen LogP contribution in [0.15, 0.2) is 42.7 Å². The van der Waals surface area contributed by atoms with Crippen molar-refractivity contribution in [1.82, 2.24) is 20.3 Å². The molecule has 7 nitrogen and oxygen atoms in total. The molecule has 0 aliphatic carbocycles. The van der Waals surface area contributed by atoms with Crippen LogP contribution in [0.1, 0.15) is 24.1 Å². The van der Waals surface area contributed by atoms with Crippen LogP contribution in [0.2, 0.25) is 5.02 Å². The molecule has 0 bridgehead atoms. The third kappa shape index (κ3) is 6.02. The number of hydroxylamine groups is 1. The highest BCUT2D eigenvalue weighted by atomic mass is 35.5. The number of halogens is 1. The van der Waals surface area contributed by atoms with E-state index in [4.69, 9.17) is 16.8 Å². The van der Waals surface area contributed by atoms with Gasteiger partial charge in [-0.1, -0.05) is 23.7 Å². The Morgan fingerprint density at radius 3 is 2.81 bits per heavy atom. The number of aromatic nitrogens is 2. The lowest BCUT2D eigenvalue weighted by Crippen LogP contribution is -2.41. The van der Waals surface area contributed by atoms with Gasteiger partial charge in [0, 0.05) is 30.2 Å². The number of nitrogens with zero attached hydrogens (tertiary/aromatic N) is 3. The number of piperidine rings is 1. The van der Waals surface area contributed by atoms with Gasteiger partial charge >= 0.3 is 0 Å². The first-order chi connectivity index (χ1) is 13.1. The van der Waals surface area contributed by atoms with Crippen molar-refractivity contribution in [3.8, 4) is 0 Å². The summed E-state index contributed by atoms with van der Waals surface area (Å²) in [6.45, 7) is 2.91. The van der Waals surface area contributed by atoms with Gasteiger partial charge in [0.05, 0.1) is 18.1 Å². The van der Waals surface area contributed by atoms with Gasteiger partial charge in [-0.25, -0.2) is 10.5 Å². The van der Waals surface area contributed by atoms with Crippen LogP contribution in [-0.4, -0.2) is 45.1 Å². The van der Waals surface area contributed by atoms with Crippen LogP contribution in [0.5, 0.6) is 0 Å². The molecule has 1 aromatic heterocycles. The van der Waals surface area contributed by atoms with Crippen LogP contribution in [0, 0.1) is 0 Å². The van der Waals surface area contributed by atoms with Gasteiger partial charge < -0.3 is 5.32 Å². The Bertz CT molecular complexity index is 780. The number of amides is 1. The molecule has 0 radical (unpaired) electrons. The Hall–Kier alpha value is -2.48. The largest absolute Gasteiger partial charge is 0.365 e. The van der Waals surface area contributed by atoms with Crippen molar-refractivity contribution >= 4 is 29.4 Å². The van der Waals surface area contributed by atoms with Gasteiger partial charge in [0.2, 0.25) is 0 Å². The maximum atomic E-state index is 11.0. The van der Waals surface area contributed by atoms with Gasteiger partial charge in [-0.3, -0.25) is 19.9 Å². The molecule has 1 aromatic carbocycles. The van der Waals surface area contributed by atoms with Crippen LogP contribution >= 0.6 is 11.6 Å². The normalized spacial score (nSPS) is 17.8. The molecule has 0 saturated carbocycles. The average Bonchev–Trinajstić information content (AvgIpc) is 2.69. The van der Waals surface area contributed by atoms with Crippen molar-refractivity contribution in [2.24, 2.45) is 0 Å². The zero-order valence-corrected chi connectivity index (χ0v) is 15.6. The van der Waals surface area contributed by atoms with Crippen LogP contribution < -0.4 is 10.8 Å². The first-order valence-electron chi connectivity index (χ1n) is 8.80. The van der Waals surface area contributed by atoms with E-state index in [1.807, 2.05) is 12.1 Å². The Morgan fingerprint density at radius 1 is 1.30 bits per heavy atom. The van der Waals surface area contributed by atoms with E-state index in [1.165, 1.54) is 23.2 Å². The van der Waals surface area contributed by atoms with Crippen LogP contribution in [0.25, 0.3) is 6.08 Å². The summed E-state index contributed by atoms with van der Waals surface area (Å²) in [6.07, 6.45) is 8.10. The summed E-state index contributed by atoms with van der Waals surface area (Å²) in [5, 5.41) is 12.6. The van der Waals surface area contributed by atoms with Gasteiger partial charge in [0.25, 0.3) is 5.91 Å². The maximum Gasteiger partial charge on any atom is 0.267 e. The van der Waals surface area contributed by atoms with E-state index in [0.717, 1.165) is 37.5 Å². The summed E-state index contributed by atoms with van der Waals surface area (Å²) in [5.74, 6) is 0.0964. The Balaban J connectivity index is 1.53. The topological polar surface area (TPSA) is 90.4 Å². The second-order valence-electron chi connectivity index (χ2n) is 6.48. The van der Waals surface area contributed by atoms with Crippen LogP contribution in [0.3, 0.4) is 0 Å². The number of hydrogen-bond donors (Lipinski definition) is 3. The number of rotatable bonds is 6. The average molecular weight is 388 g/mol. The van der Waals surface area contributed by atoms with E-state index in [1.54, 1.807) is 12.4 Å². The highest BCUT2D eigenvalue weighted by Crippen LogP contribution is 2.18. The molecule has 1 amide bonds. The van der Waals surface area contributed by atoms with E-state index >= 15 is 0 Å². The minimum atomic E-state index is -0.609. The second kappa shape index (κ2) is 9.45. The summed E-state index contributed by atoms with van der Waals surface area (Å²) >= 11 is 5.95. The number of hydrogen-bond acceptors (Lipinski definition) is 6.